The van der Waals surface area contributed by atoms with Gasteiger partial charge in [0.1, 0.15) is 4.60 Å². The number of carbonyl (C=O) groups excluding carboxylic acids is 1. The Morgan fingerprint density at radius 2 is 2.26 bits per heavy atom. The highest BCUT2D eigenvalue weighted by molar-refractivity contribution is 9.10. The van der Waals surface area contributed by atoms with Crippen molar-refractivity contribution in [2.75, 3.05) is 17.2 Å². The van der Waals surface area contributed by atoms with Crippen molar-refractivity contribution < 1.29 is 13.2 Å². The Kier molecular flexibility index (Phi) is 3.93. The molecule has 1 fully saturated rings. The third-order valence-corrected chi connectivity index (χ3v) is 4.54. The van der Waals surface area contributed by atoms with Crippen LogP contribution < -0.4 is 10.0 Å². The average Bonchev–Trinajstić information content (AvgIpc) is 2.56. The Morgan fingerprint density at radius 3 is 2.84 bits per heavy atom. The normalized spacial score (nSPS) is 20.1. The average molecular weight is 348 g/mol. The van der Waals surface area contributed by atoms with Gasteiger partial charge in [-0.1, -0.05) is 0 Å². The van der Waals surface area contributed by atoms with E-state index >= 15 is 0 Å². The number of pyridine rings is 1. The van der Waals surface area contributed by atoms with E-state index in [0.717, 1.165) is 5.56 Å². The largest absolute Gasteiger partial charge is 0.309 e. The molecule has 1 aromatic heterocycles. The van der Waals surface area contributed by atoms with Crippen LogP contribution in [0.4, 0.5) is 5.69 Å². The molecule has 1 unspecified atom stereocenters. The number of primary sulfonamides is 1. The Hall–Kier alpha value is -0.990. The molecule has 19 heavy (non-hydrogen) atoms. The zero-order chi connectivity index (χ0) is 14.2. The minimum atomic E-state index is -3.56. The third-order valence-electron chi connectivity index (χ3n) is 3.02. The van der Waals surface area contributed by atoms with Crippen LogP contribution in [0.1, 0.15) is 12.0 Å². The highest BCUT2D eigenvalue weighted by atomic mass is 79.9. The van der Waals surface area contributed by atoms with E-state index in [0.29, 0.717) is 16.8 Å². The maximum Gasteiger partial charge on any atom is 0.227 e. The van der Waals surface area contributed by atoms with Crippen molar-refractivity contribution in [3.8, 4) is 0 Å². The fourth-order valence-electron chi connectivity index (χ4n) is 2.28. The SMILES string of the molecule is Cc1ccnc(Br)c1N1CC(CS(N)(=O)=O)CC1=O. The molecule has 2 heterocycles. The van der Waals surface area contributed by atoms with Crippen molar-refractivity contribution in [1.29, 1.82) is 0 Å². The molecule has 0 spiro atoms. The van der Waals surface area contributed by atoms with Crippen LogP contribution >= 0.6 is 15.9 Å². The number of halogens is 1. The van der Waals surface area contributed by atoms with Crippen LogP contribution in [-0.4, -0.2) is 31.6 Å². The zero-order valence-electron chi connectivity index (χ0n) is 10.3. The third kappa shape index (κ3) is 3.31. The van der Waals surface area contributed by atoms with Gasteiger partial charge in [0.2, 0.25) is 15.9 Å². The predicted octanol–water partition coefficient (Wildman–Crippen LogP) is 0.794. The second kappa shape index (κ2) is 5.18. The zero-order valence-corrected chi connectivity index (χ0v) is 12.7. The minimum Gasteiger partial charge on any atom is -0.309 e. The van der Waals surface area contributed by atoms with E-state index in [2.05, 4.69) is 20.9 Å². The molecule has 1 aromatic rings. The van der Waals surface area contributed by atoms with E-state index in [-0.39, 0.29) is 24.0 Å². The smallest absolute Gasteiger partial charge is 0.227 e. The Balaban J connectivity index is 2.26. The summed E-state index contributed by atoms with van der Waals surface area (Å²) in [4.78, 5) is 17.7. The lowest BCUT2D eigenvalue weighted by atomic mass is 10.1. The van der Waals surface area contributed by atoms with Crippen LogP contribution in [0.3, 0.4) is 0 Å². The van der Waals surface area contributed by atoms with Crippen molar-refractivity contribution in [3.05, 3.63) is 22.4 Å². The Morgan fingerprint density at radius 1 is 1.58 bits per heavy atom. The fraction of sp³-hybridized carbons (Fsp3) is 0.455. The van der Waals surface area contributed by atoms with Crippen molar-refractivity contribution in [1.82, 2.24) is 4.98 Å². The molecule has 0 aromatic carbocycles. The topological polar surface area (TPSA) is 93.4 Å². The molecule has 0 aliphatic carbocycles. The van der Waals surface area contributed by atoms with Crippen LogP contribution in [0.15, 0.2) is 16.9 Å². The number of rotatable bonds is 3. The lowest BCUT2D eigenvalue weighted by molar-refractivity contribution is -0.117. The molecule has 1 atom stereocenters. The molecule has 1 aliphatic heterocycles. The van der Waals surface area contributed by atoms with Crippen LogP contribution in [-0.2, 0) is 14.8 Å². The lowest BCUT2D eigenvalue weighted by Crippen LogP contribution is -2.28. The molecule has 104 valence electrons. The molecule has 0 radical (unpaired) electrons. The molecule has 1 aliphatic rings. The van der Waals surface area contributed by atoms with Crippen molar-refractivity contribution in [3.63, 3.8) is 0 Å². The molecule has 6 nitrogen and oxygen atoms in total. The second-order valence-electron chi connectivity index (χ2n) is 4.67. The fourth-order valence-corrected chi connectivity index (χ4v) is 3.80. The highest BCUT2D eigenvalue weighted by Gasteiger charge is 2.34. The van der Waals surface area contributed by atoms with E-state index in [4.69, 9.17) is 5.14 Å². The van der Waals surface area contributed by atoms with Crippen LogP contribution in [0, 0.1) is 12.8 Å². The number of aromatic nitrogens is 1. The van der Waals surface area contributed by atoms with Gasteiger partial charge < -0.3 is 4.90 Å². The van der Waals surface area contributed by atoms with Gasteiger partial charge in [-0.05, 0) is 34.5 Å². The van der Waals surface area contributed by atoms with Gasteiger partial charge in [-0.3, -0.25) is 4.79 Å². The molecule has 1 saturated heterocycles. The quantitative estimate of drug-likeness (QED) is 0.818. The van der Waals surface area contributed by atoms with Gasteiger partial charge in [0.05, 0.1) is 11.4 Å². The first-order valence-electron chi connectivity index (χ1n) is 5.70. The molecular formula is C11H14BrN3O3S. The standard InChI is InChI=1S/C11H14BrN3O3S/c1-7-2-3-14-11(12)10(7)15-5-8(4-9(15)16)6-19(13,17)18/h2-3,8H,4-6H2,1H3,(H2,13,17,18). The van der Waals surface area contributed by atoms with E-state index in [1.54, 1.807) is 17.2 Å². The molecular weight excluding hydrogens is 334 g/mol. The first kappa shape index (κ1) is 14.4. The summed E-state index contributed by atoms with van der Waals surface area (Å²) in [5, 5.41) is 5.03. The van der Waals surface area contributed by atoms with E-state index in [1.807, 2.05) is 6.92 Å². The van der Waals surface area contributed by atoms with Crippen molar-refractivity contribution in [2.45, 2.75) is 13.3 Å². The van der Waals surface area contributed by atoms with Crippen LogP contribution in [0.2, 0.25) is 0 Å². The Labute approximate surface area is 120 Å². The summed E-state index contributed by atoms with van der Waals surface area (Å²) in [5.41, 5.74) is 1.61. The maximum absolute atomic E-state index is 12.0. The Bertz CT molecular complexity index is 597. The van der Waals surface area contributed by atoms with Gasteiger partial charge in [-0.25, -0.2) is 18.5 Å². The van der Waals surface area contributed by atoms with Gasteiger partial charge in [0, 0.05) is 25.1 Å². The summed E-state index contributed by atoms with van der Waals surface area (Å²) in [6.07, 6.45) is 1.84. The summed E-state index contributed by atoms with van der Waals surface area (Å²) in [6, 6.07) is 1.81. The van der Waals surface area contributed by atoms with E-state index < -0.39 is 10.0 Å². The number of nitrogens with zero attached hydrogens (tertiary/aromatic N) is 2. The summed E-state index contributed by atoms with van der Waals surface area (Å²) in [6.45, 7) is 2.22. The second-order valence-corrected chi connectivity index (χ2v) is 7.08. The van der Waals surface area contributed by atoms with Crippen LogP contribution in [0.5, 0.6) is 0 Å². The first-order valence-corrected chi connectivity index (χ1v) is 8.20. The predicted molar refractivity (Wildman–Crippen MR) is 75.1 cm³/mol. The minimum absolute atomic E-state index is 0.106. The van der Waals surface area contributed by atoms with Crippen LogP contribution in [0.25, 0.3) is 0 Å². The number of carbonyl (C=O) groups is 1. The van der Waals surface area contributed by atoms with Gasteiger partial charge >= 0.3 is 0 Å². The van der Waals surface area contributed by atoms with Crippen molar-refractivity contribution in [2.24, 2.45) is 11.1 Å². The number of amides is 1. The summed E-state index contributed by atoms with van der Waals surface area (Å²) in [5.74, 6) is -0.550. The lowest BCUT2D eigenvalue weighted by Gasteiger charge is -2.19. The van der Waals surface area contributed by atoms with E-state index in [1.165, 1.54) is 0 Å². The first-order chi connectivity index (χ1) is 8.78. The molecule has 1 amide bonds. The maximum atomic E-state index is 12.0. The molecule has 2 N–H and O–H groups in total. The molecule has 8 heteroatoms. The van der Waals surface area contributed by atoms with E-state index in [9.17, 15) is 13.2 Å². The van der Waals surface area contributed by atoms with Gasteiger partial charge in [0.25, 0.3) is 0 Å². The summed E-state index contributed by atoms with van der Waals surface area (Å²) < 4.78 is 22.8. The highest BCUT2D eigenvalue weighted by Crippen LogP contribution is 2.33. The monoisotopic (exact) mass is 347 g/mol. The number of nitrogens with two attached hydrogens (primary N) is 1. The number of aryl methyl sites for hydroxylation is 1. The van der Waals surface area contributed by atoms with Crippen molar-refractivity contribution >= 4 is 37.5 Å². The number of hydrogen-bond donors (Lipinski definition) is 1. The summed E-state index contributed by atoms with van der Waals surface area (Å²) >= 11 is 3.32. The van der Waals surface area contributed by atoms with Gasteiger partial charge in [0.15, 0.2) is 0 Å². The van der Waals surface area contributed by atoms with Gasteiger partial charge in [-0.15, -0.1) is 0 Å². The number of sulfonamides is 1. The van der Waals surface area contributed by atoms with Gasteiger partial charge in [-0.2, -0.15) is 0 Å². The molecule has 2 rings (SSSR count). The molecule has 0 saturated carbocycles. The molecule has 0 bridgehead atoms. The summed E-state index contributed by atoms with van der Waals surface area (Å²) in [7, 11) is -3.56. The number of anilines is 1. The number of hydrogen-bond acceptors (Lipinski definition) is 4.